The van der Waals surface area contributed by atoms with Gasteiger partial charge in [-0.3, -0.25) is 4.79 Å². The van der Waals surface area contributed by atoms with Crippen molar-refractivity contribution in [3.63, 3.8) is 0 Å². The molecule has 1 aromatic carbocycles. The van der Waals surface area contributed by atoms with Crippen LogP contribution in [0, 0.1) is 0 Å². The molecular formula is C13H14O3. The average Bonchev–Trinajstić information content (AvgIpc) is 2.46. The smallest absolute Gasteiger partial charge is 0.311 e. The maximum Gasteiger partial charge on any atom is 0.311 e. The molecule has 1 aliphatic rings. The molecule has 0 atom stereocenters. The lowest BCUT2D eigenvalue weighted by Gasteiger charge is -2.08. The van der Waals surface area contributed by atoms with Crippen LogP contribution in [0.3, 0.4) is 0 Å². The van der Waals surface area contributed by atoms with Gasteiger partial charge in [0.25, 0.3) is 0 Å². The number of benzene rings is 1. The summed E-state index contributed by atoms with van der Waals surface area (Å²) in [6.07, 6.45) is 3.87. The zero-order valence-corrected chi connectivity index (χ0v) is 9.07. The molecule has 0 spiro atoms. The summed E-state index contributed by atoms with van der Waals surface area (Å²) in [5, 5.41) is 0. The number of ether oxygens (including phenoxy) is 2. The molecule has 0 radical (unpaired) electrons. The summed E-state index contributed by atoms with van der Waals surface area (Å²) in [4.78, 5) is 11.2. The van der Waals surface area contributed by atoms with Crippen LogP contribution in [-0.4, -0.2) is 12.6 Å². The molecule has 0 N–H and O–H groups in total. The van der Waals surface area contributed by atoms with E-state index in [1.54, 1.807) is 18.2 Å². The number of rotatable bonds is 3. The predicted octanol–water partition coefficient (Wildman–Crippen LogP) is 2.49. The van der Waals surface area contributed by atoms with Gasteiger partial charge in [0, 0.05) is 6.42 Å². The van der Waals surface area contributed by atoms with Crippen molar-refractivity contribution in [3.05, 3.63) is 36.4 Å². The number of esters is 1. The summed E-state index contributed by atoms with van der Waals surface area (Å²) < 4.78 is 10.6. The Morgan fingerprint density at radius 2 is 2.31 bits per heavy atom. The van der Waals surface area contributed by atoms with E-state index in [2.05, 4.69) is 6.58 Å². The first-order valence-corrected chi connectivity index (χ1v) is 5.37. The molecule has 0 amide bonds. The number of aryl methyl sites for hydroxylation is 1. The molecule has 3 nitrogen and oxygen atoms in total. The molecule has 0 saturated carbocycles. The van der Waals surface area contributed by atoms with Crippen LogP contribution in [0.25, 0.3) is 0 Å². The van der Waals surface area contributed by atoms with Gasteiger partial charge < -0.3 is 9.47 Å². The number of hydrogen-bond acceptors (Lipinski definition) is 3. The standard InChI is InChI=1S/C13H14O3/c1-2-8-15-11-6-7-12-10(9-11)4-3-5-13(14)16-12/h2,6-7,9H,1,3-5,8H2. The first-order valence-electron chi connectivity index (χ1n) is 5.37. The zero-order chi connectivity index (χ0) is 11.4. The van der Waals surface area contributed by atoms with Crippen LogP contribution in [0.4, 0.5) is 0 Å². The van der Waals surface area contributed by atoms with E-state index in [9.17, 15) is 4.79 Å². The first kappa shape index (κ1) is 10.7. The Labute approximate surface area is 94.7 Å². The summed E-state index contributed by atoms with van der Waals surface area (Å²) in [6, 6.07) is 5.52. The molecule has 1 aliphatic heterocycles. The van der Waals surface area contributed by atoms with E-state index in [0.717, 1.165) is 24.2 Å². The SMILES string of the molecule is C=CCOc1ccc2c(c1)CCCC(=O)O2. The Balaban J connectivity index is 2.20. The van der Waals surface area contributed by atoms with Crippen LogP contribution in [0.1, 0.15) is 18.4 Å². The van der Waals surface area contributed by atoms with Crippen LogP contribution in [0.15, 0.2) is 30.9 Å². The summed E-state index contributed by atoms with van der Waals surface area (Å²) in [5.74, 6) is 1.29. The third-order valence-electron chi connectivity index (χ3n) is 2.45. The number of hydrogen-bond donors (Lipinski definition) is 0. The van der Waals surface area contributed by atoms with E-state index in [-0.39, 0.29) is 5.97 Å². The van der Waals surface area contributed by atoms with Gasteiger partial charge in [0.1, 0.15) is 18.1 Å². The summed E-state index contributed by atoms with van der Waals surface area (Å²) >= 11 is 0. The van der Waals surface area contributed by atoms with E-state index in [1.165, 1.54) is 0 Å². The molecule has 0 aromatic heterocycles. The van der Waals surface area contributed by atoms with Gasteiger partial charge in [-0.05, 0) is 36.6 Å². The molecular weight excluding hydrogens is 204 g/mol. The lowest BCUT2D eigenvalue weighted by atomic mass is 10.1. The maximum absolute atomic E-state index is 11.2. The van der Waals surface area contributed by atoms with E-state index in [4.69, 9.17) is 9.47 Å². The second-order valence-electron chi connectivity index (χ2n) is 3.70. The van der Waals surface area contributed by atoms with Gasteiger partial charge in [-0.2, -0.15) is 0 Å². The molecule has 0 saturated heterocycles. The molecule has 0 unspecified atom stereocenters. The van der Waals surface area contributed by atoms with E-state index >= 15 is 0 Å². The normalized spacial score (nSPS) is 14.6. The molecule has 0 aliphatic carbocycles. The van der Waals surface area contributed by atoms with Crippen molar-refractivity contribution in [2.75, 3.05) is 6.61 Å². The summed E-state index contributed by atoms with van der Waals surface area (Å²) in [5.41, 5.74) is 1.03. The van der Waals surface area contributed by atoms with Crippen molar-refractivity contribution in [2.45, 2.75) is 19.3 Å². The van der Waals surface area contributed by atoms with Crippen LogP contribution in [0.2, 0.25) is 0 Å². The Morgan fingerprint density at radius 3 is 3.12 bits per heavy atom. The minimum absolute atomic E-state index is 0.154. The molecule has 2 rings (SSSR count). The van der Waals surface area contributed by atoms with Gasteiger partial charge in [0.15, 0.2) is 0 Å². The quantitative estimate of drug-likeness (QED) is 0.444. The second kappa shape index (κ2) is 4.84. The van der Waals surface area contributed by atoms with Gasteiger partial charge in [-0.1, -0.05) is 12.7 Å². The lowest BCUT2D eigenvalue weighted by Crippen LogP contribution is -2.05. The van der Waals surface area contributed by atoms with Gasteiger partial charge in [-0.25, -0.2) is 0 Å². The van der Waals surface area contributed by atoms with E-state index in [0.29, 0.717) is 18.8 Å². The Kier molecular flexibility index (Phi) is 3.25. The van der Waals surface area contributed by atoms with Crippen LogP contribution in [0.5, 0.6) is 11.5 Å². The van der Waals surface area contributed by atoms with Gasteiger partial charge in [0.05, 0.1) is 0 Å². The zero-order valence-electron chi connectivity index (χ0n) is 9.07. The fraction of sp³-hybridized carbons (Fsp3) is 0.308. The van der Waals surface area contributed by atoms with Crippen molar-refractivity contribution < 1.29 is 14.3 Å². The summed E-state index contributed by atoms with van der Waals surface area (Å²) in [6.45, 7) is 4.08. The molecule has 0 fully saturated rings. The van der Waals surface area contributed by atoms with Crippen LogP contribution >= 0.6 is 0 Å². The number of carbonyl (C=O) groups is 1. The third-order valence-corrected chi connectivity index (χ3v) is 2.45. The lowest BCUT2D eigenvalue weighted by molar-refractivity contribution is -0.134. The monoisotopic (exact) mass is 218 g/mol. The summed E-state index contributed by atoms with van der Waals surface area (Å²) in [7, 11) is 0. The molecule has 3 heteroatoms. The highest BCUT2D eigenvalue weighted by Gasteiger charge is 2.15. The molecule has 1 heterocycles. The second-order valence-corrected chi connectivity index (χ2v) is 3.70. The Morgan fingerprint density at radius 1 is 1.44 bits per heavy atom. The highest BCUT2D eigenvalue weighted by atomic mass is 16.5. The highest BCUT2D eigenvalue weighted by Crippen LogP contribution is 2.28. The first-order chi connectivity index (χ1) is 7.79. The van der Waals surface area contributed by atoms with Crippen molar-refractivity contribution in [1.82, 2.24) is 0 Å². The van der Waals surface area contributed by atoms with Crippen LogP contribution in [-0.2, 0) is 11.2 Å². The van der Waals surface area contributed by atoms with Gasteiger partial charge >= 0.3 is 5.97 Å². The highest BCUT2D eigenvalue weighted by molar-refractivity contribution is 5.73. The third kappa shape index (κ3) is 2.42. The van der Waals surface area contributed by atoms with Gasteiger partial charge in [0.2, 0.25) is 0 Å². The van der Waals surface area contributed by atoms with Crippen molar-refractivity contribution >= 4 is 5.97 Å². The van der Waals surface area contributed by atoms with Crippen molar-refractivity contribution in [1.29, 1.82) is 0 Å². The minimum atomic E-state index is -0.154. The largest absolute Gasteiger partial charge is 0.490 e. The molecule has 16 heavy (non-hydrogen) atoms. The Bertz CT molecular complexity index is 410. The Hall–Kier alpha value is -1.77. The maximum atomic E-state index is 11.2. The fourth-order valence-corrected chi connectivity index (χ4v) is 1.69. The topological polar surface area (TPSA) is 35.5 Å². The average molecular weight is 218 g/mol. The minimum Gasteiger partial charge on any atom is -0.490 e. The molecule has 1 aromatic rings. The predicted molar refractivity (Wildman–Crippen MR) is 60.7 cm³/mol. The molecule has 84 valence electrons. The number of fused-ring (bicyclic) bond motifs is 1. The molecule has 0 bridgehead atoms. The van der Waals surface area contributed by atoms with Crippen LogP contribution < -0.4 is 9.47 Å². The van der Waals surface area contributed by atoms with Crippen molar-refractivity contribution in [3.8, 4) is 11.5 Å². The van der Waals surface area contributed by atoms with E-state index < -0.39 is 0 Å². The van der Waals surface area contributed by atoms with Crippen molar-refractivity contribution in [2.24, 2.45) is 0 Å². The fourth-order valence-electron chi connectivity index (χ4n) is 1.69. The van der Waals surface area contributed by atoms with Gasteiger partial charge in [-0.15, -0.1) is 0 Å². The number of carbonyl (C=O) groups excluding carboxylic acids is 1. The van der Waals surface area contributed by atoms with E-state index in [1.807, 2.05) is 6.07 Å².